The number of rotatable bonds is 8. The third kappa shape index (κ3) is 5.24. The van der Waals surface area contributed by atoms with Gasteiger partial charge in [-0.15, -0.1) is 0 Å². The molecule has 2 aromatic heterocycles. The summed E-state index contributed by atoms with van der Waals surface area (Å²) in [5.41, 5.74) is 1.93. The molecule has 1 aliphatic carbocycles. The molecule has 3 heterocycles. The molecular formula is C26H29F2N5. The number of benzene rings is 1. The van der Waals surface area contributed by atoms with Crippen LogP contribution in [0.4, 0.5) is 8.78 Å². The van der Waals surface area contributed by atoms with E-state index in [0.717, 1.165) is 50.0 Å². The quantitative estimate of drug-likeness (QED) is 0.437. The molecule has 1 aliphatic heterocycles. The van der Waals surface area contributed by atoms with Crippen LogP contribution in [0.15, 0.2) is 43.0 Å². The van der Waals surface area contributed by atoms with Gasteiger partial charge in [-0.05, 0) is 99.3 Å². The van der Waals surface area contributed by atoms with Crippen molar-refractivity contribution < 1.29 is 8.78 Å². The van der Waals surface area contributed by atoms with E-state index in [2.05, 4.69) is 24.8 Å². The molecule has 2 atom stereocenters. The SMILES string of the molecule is Fc1cc(C2CC2c2cnc(-c3ncccn3)nc2)cc(F)c1CCCCN1CCCCC1. The van der Waals surface area contributed by atoms with Gasteiger partial charge in [0.15, 0.2) is 11.6 Å². The maximum absolute atomic E-state index is 14.8. The average molecular weight is 450 g/mol. The van der Waals surface area contributed by atoms with Crippen LogP contribution in [0.2, 0.25) is 0 Å². The van der Waals surface area contributed by atoms with Crippen molar-refractivity contribution in [3.05, 3.63) is 71.3 Å². The molecule has 2 aliphatic rings. The van der Waals surface area contributed by atoms with Gasteiger partial charge in [-0.3, -0.25) is 0 Å². The number of likely N-dealkylation sites (tertiary alicyclic amines) is 1. The first kappa shape index (κ1) is 22.0. The van der Waals surface area contributed by atoms with Crippen LogP contribution in [-0.2, 0) is 6.42 Å². The van der Waals surface area contributed by atoms with Gasteiger partial charge in [-0.1, -0.05) is 6.42 Å². The summed E-state index contributed by atoms with van der Waals surface area (Å²) in [6, 6.07) is 4.80. The fourth-order valence-electron chi connectivity index (χ4n) is 4.89. The first-order valence-electron chi connectivity index (χ1n) is 12.0. The highest BCUT2D eigenvalue weighted by Crippen LogP contribution is 2.54. The third-order valence-corrected chi connectivity index (χ3v) is 6.85. The predicted molar refractivity (Wildman–Crippen MR) is 123 cm³/mol. The van der Waals surface area contributed by atoms with Crippen LogP contribution in [0.1, 0.15) is 67.1 Å². The van der Waals surface area contributed by atoms with Gasteiger partial charge in [0.2, 0.25) is 0 Å². The van der Waals surface area contributed by atoms with Gasteiger partial charge >= 0.3 is 0 Å². The molecule has 5 rings (SSSR count). The number of unbranched alkanes of at least 4 members (excludes halogenated alkanes) is 1. The van der Waals surface area contributed by atoms with E-state index in [-0.39, 0.29) is 17.4 Å². The molecule has 0 amide bonds. The summed E-state index contributed by atoms with van der Waals surface area (Å²) in [6.07, 6.45) is 13.8. The van der Waals surface area contributed by atoms with E-state index in [4.69, 9.17) is 0 Å². The molecule has 0 bridgehead atoms. The Kier molecular flexibility index (Phi) is 6.67. The zero-order valence-electron chi connectivity index (χ0n) is 18.8. The lowest BCUT2D eigenvalue weighted by Crippen LogP contribution is -2.30. The summed E-state index contributed by atoms with van der Waals surface area (Å²) in [5, 5.41) is 0. The van der Waals surface area contributed by atoms with Crippen LogP contribution in [0, 0.1) is 11.6 Å². The van der Waals surface area contributed by atoms with Crippen molar-refractivity contribution in [2.75, 3.05) is 19.6 Å². The fraction of sp³-hybridized carbons (Fsp3) is 0.462. The summed E-state index contributed by atoms with van der Waals surface area (Å²) in [5.74, 6) is 0.405. The van der Waals surface area contributed by atoms with Gasteiger partial charge < -0.3 is 4.90 Å². The molecular weight excluding hydrogens is 420 g/mol. The van der Waals surface area contributed by atoms with Crippen molar-refractivity contribution in [2.24, 2.45) is 0 Å². The molecule has 1 saturated heterocycles. The van der Waals surface area contributed by atoms with Gasteiger partial charge in [-0.25, -0.2) is 28.7 Å². The van der Waals surface area contributed by atoms with Crippen molar-refractivity contribution in [2.45, 2.75) is 56.8 Å². The minimum Gasteiger partial charge on any atom is -0.303 e. The maximum Gasteiger partial charge on any atom is 0.197 e. The molecule has 172 valence electrons. The summed E-state index contributed by atoms with van der Waals surface area (Å²) in [7, 11) is 0. The lowest BCUT2D eigenvalue weighted by Gasteiger charge is -2.26. The highest BCUT2D eigenvalue weighted by Gasteiger charge is 2.40. The number of hydrogen-bond acceptors (Lipinski definition) is 5. The van der Waals surface area contributed by atoms with Crippen molar-refractivity contribution in [3.63, 3.8) is 0 Å². The topological polar surface area (TPSA) is 54.8 Å². The van der Waals surface area contributed by atoms with Crippen molar-refractivity contribution >= 4 is 0 Å². The van der Waals surface area contributed by atoms with Crippen molar-refractivity contribution in [3.8, 4) is 11.6 Å². The van der Waals surface area contributed by atoms with Crippen LogP contribution in [-0.4, -0.2) is 44.5 Å². The Hall–Kier alpha value is -2.80. The largest absolute Gasteiger partial charge is 0.303 e. The van der Waals surface area contributed by atoms with E-state index < -0.39 is 11.6 Å². The Morgan fingerprint density at radius 3 is 2.12 bits per heavy atom. The molecule has 1 saturated carbocycles. The van der Waals surface area contributed by atoms with E-state index in [1.54, 1.807) is 30.9 Å². The lowest BCUT2D eigenvalue weighted by atomic mass is 10.0. The Labute approximate surface area is 193 Å². The van der Waals surface area contributed by atoms with Crippen LogP contribution >= 0.6 is 0 Å². The standard InChI is InChI=1S/C26H29F2N5/c27-23-13-18(14-24(28)20(23)7-2-5-12-33-10-3-1-4-11-33)21-15-22(21)19-16-31-26(32-17-19)25-29-8-6-9-30-25/h6,8-9,13-14,16-17,21-22H,1-5,7,10-12,15H2. The number of aromatic nitrogens is 4. The molecule has 33 heavy (non-hydrogen) atoms. The average Bonchev–Trinajstić information content (AvgIpc) is 3.65. The van der Waals surface area contributed by atoms with E-state index in [1.807, 2.05) is 0 Å². The molecule has 2 unspecified atom stereocenters. The summed E-state index contributed by atoms with van der Waals surface area (Å²) in [4.78, 5) is 19.5. The van der Waals surface area contributed by atoms with Gasteiger partial charge in [0.25, 0.3) is 0 Å². The second-order valence-corrected chi connectivity index (χ2v) is 9.18. The van der Waals surface area contributed by atoms with E-state index >= 15 is 0 Å². The predicted octanol–water partition coefficient (Wildman–Crippen LogP) is 5.29. The normalized spacial score (nSPS) is 20.7. The first-order chi connectivity index (χ1) is 16.2. The van der Waals surface area contributed by atoms with Gasteiger partial charge in [0.05, 0.1) is 0 Å². The monoisotopic (exact) mass is 449 g/mol. The molecule has 0 N–H and O–H groups in total. The van der Waals surface area contributed by atoms with Crippen LogP contribution in [0.25, 0.3) is 11.6 Å². The Morgan fingerprint density at radius 2 is 1.42 bits per heavy atom. The zero-order valence-corrected chi connectivity index (χ0v) is 18.8. The molecule has 3 aromatic rings. The van der Waals surface area contributed by atoms with E-state index in [9.17, 15) is 8.78 Å². The second-order valence-electron chi connectivity index (χ2n) is 9.18. The lowest BCUT2D eigenvalue weighted by molar-refractivity contribution is 0.224. The van der Waals surface area contributed by atoms with E-state index in [0.29, 0.717) is 18.1 Å². The second kappa shape index (κ2) is 10.00. The molecule has 7 heteroatoms. The van der Waals surface area contributed by atoms with Gasteiger partial charge in [0.1, 0.15) is 11.6 Å². The minimum absolute atomic E-state index is 0.101. The van der Waals surface area contributed by atoms with E-state index in [1.165, 1.54) is 31.4 Å². The number of halogens is 2. The zero-order chi connectivity index (χ0) is 22.6. The molecule has 0 radical (unpaired) electrons. The summed E-state index contributed by atoms with van der Waals surface area (Å²) in [6.45, 7) is 3.35. The Morgan fingerprint density at radius 1 is 0.788 bits per heavy atom. The first-order valence-corrected chi connectivity index (χ1v) is 12.0. The molecule has 2 fully saturated rings. The van der Waals surface area contributed by atoms with Crippen molar-refractivity contribution in [1.29, 1.82) is 0 Å². The number of piperidine rings is 1. The minimum atomic E-state index is -0.415. The number of hydrogen-bond donors (Lipinski definition) is 0. The van der Waals surface area contributed by atoms with Crippen LogP contribution in [0.5, 0.6) is 0 Å². The Balaban J connectivity index is 1.17. The molecule has 1 aromatic carbocycles. The molecule has 5 nitrogen and oxygen atoms in total. The number of nitrogens with zero attached hydrogens (tertiary/aromatic N) is 5. The van der Waals surface area contributed by atoms with Crippen LogP contribution < -0.4 is 0 Å². The Bertz CT molecular complexity index is 1040. The van der Waals surface area contributed by atoms with Gasteiger partial charge in [0, 0.05) is 30.4 Å². The maximum atomic E-state index is 14.8. The van der Waals surface area contributed by atoms with Gasteiger partial charge in [-0.2, -0.15) is 0 Å². The fourth-order valence-corrected chi connectivity index (χ4v) is 4.89. The highest BCUT2D eigenvalue weighted by atomic mass is 19.1. The molecule has 0 spiro atoms. The third-order valence-electron chi connectivity index (χ3n) is 6.85. The smallest absolute Gasteiger partial charge is 0.197 e. The summed E-state index contributed by atoms with van der Waals surface area (Å²) < 4.78 is 29.5. The van der Waals surface area contributed by atoms with Crippen molar-refractivity contribution in [1.82, 2.24) is 24.8 Å². The highest BCUT2D eigenvalue weighted by molar-refractivity contribution is 5.43. The summed E-state index contributed by atoms with van der Waals surface area (Å²) >= 11 is 0. The van der Waals surface area contributed by atoms with Crippen LogP contribution in [0.3, 0.4) is 0 Å².